The van der Waals surface area contributed by atoms with Gasteiger partial charge in [0.1, 0.15) is 0 Å². The summed E-state index contributed by atoms with van der Waals surface area (Å²) in [5, 5.41) is 11.4. The fourth-order valence-electron chi connectivity index (χ4n) is 0.784. The maximum atomic E-state index is 10.6. The van der Waals surface area contributed by atoms with E-state index in [2.05, 4.69) is 5.32 Å². The molecule has 0 amide bonds. The molecule has 0 aliphatic heterocycles. The molecule has 2 N–H and O–H groups in total. The monoisotopic (exact) mass is 157 g/mol. The second kappa shape index (κ2) is 5.92. The number of carbonyl (C=O) groups excluding carboxylic acids is 1. The summed E-state index contributed by atoms with van der Waals surface area (Å²) in [5.41, 5.74) is 0.881. The van der Waals surface area contributed by atoms with Gasteiger partial charge in [-0.25, -0.2) is 0 Å². The fraction of sp³-hybridized carbons (Fsp3) is 0.625. The zero-order chi connectivity index (χ0) is 8.69. The lowest BCUT2D eigenvalue weighted by Crippen LogP contribution is -2.08. The standard InChI is InChI=1S/C8H15NO2/c1-7(11)6-8(9-2)4-3-5-10/h6,9-10H,3-5H2,1-2H3/b8-6-. The van der Waals surface area contributed by atoms with E-state index in [4.69, 9.17) is 5.11 Å². The van der Waals surface area contributed by atoms with E-state index < -0.39 is 0 Å². The van der Waals surface area contributed by atoms with Gasteiger partial charge in [-0.3, -0.25) is 4.79 Å². The van der Waals surface area contributed by atoms with Crippen LogP contribution < -0.4 is 5.32 Å². The van der Waals surface area contributed by atoms with Gasteiger partial charge in [-0.1, -0.05) is 0 Å². The molecule has 0 atom stereocenters. The SMILES string of the molecule is CN/C(=C\C(C)=O)CCCO. The molecule has 0 bridgehead atoms. The fourth-order valence-corrected chi connectivity index (χ4v) is 0.784. The van der Waals surface area contributed by atoms with Gasteiger partial charge in [0, 0.05) is 19.4 Å². The average Bonchev–Trinajstić information content (AvgIpc) is 1.97. The van der Waals surface area contributed by atoms with E-state index in [0.717, 1.165) is 12.1 Å². The number of hydrogen-bond donors (Lipinski definition) is 2. The first-order valence-electron chi connectivity index (χ1n) is 3.70. The molecule has 64 valence electrons. The zero-order valence-electron chi connectivity index (χ0n) is 7.05. The van der Waals surface area contributed by atoms with Gasteiger partial charge in [0.25, 0.3) is 0 Å². The Morgan fingerprint density at radius 2 is 2.27 bits per heavy atom. The lowest BCUT2D eigenvalue weighted by atomic mass is 10.2. The number of allylic oxidation sites excluding steroid dienone is 2. The van der Waals surface area contributed by atoms with E-state index in [-0.39, 0.29) is 12.4 Å². The first-order valence-corrected chi connectivity index (χ1v) is 3.70. The van der Waals surface area contributed by atoms with Gasteiger partial charge in [0.05, 0.1) is 0 Å². The highest BCUT2D eigenvalue weighted by molar-refractivity contribution is 5.87. The molecule has 0 radical (unpaired) electrons. The minimum Gasteiger partial charge on any atom is -0.396 e. The molecular weight excluding hydrogens is 142 g/mol. The van der Waals surface area contributed by atoms with Crippen molar-refractivity contribution >= 4 is 5.78 Å². The Morgan fingerprint density at radius 3 is 2.64 bits per heavy atom. The molecule has 0 saturated heterocycles. The van der Waals surface area contributed by atoms with E-state index in [9.17, 15) is 4.79 Å². The Hall–Kier alpha value is -0.830. The molecule has 0 aromatic heterocycles. The van der Waals surface area contributed by atoms with Crippen LogP contribution in [0.1, 0.15) is 19.8 Å². The second-order valence-corrected chi connectivity index (χ2v) is 2.36. The van der Waals surface area contributed by atoms with Crippen molar-refractivity contribution in [1.29, 1.82) is 0 Å². The van der Waals surface area contributed by atoms with Crippen molar-refractivity contribution in [3.63, 3.8) is 0 Å². The summed E-state index contributed by atoms with van der Waals surface area (Å²) in [6.45, 7) is 1.67. The molecule has 0 heterocycles. The maximum absolute atomic E-state index is 10.6. The first-order chi connectivity index (χ1) is 5.20. The summed E-state index contributed by atoms with van der Waals surface area (Å²) < 4.78 is 0. The molecule has 0 saturated carbocycles. The molecule has 0 rings (SSSR count). The molecule has 0 aromatic rings. The van der Waals surface area contributed by atoms with Crippen LogP contribution in [0.15, 0.2) is 11.8 Å². The van der Waals surface area contributed by atoms with E-state index in [0.29, 0.717) is 6.42 Å². The molecule has 0 aromatic carbocycles. The average molecular weight is 157 g/mol. The minimum atomic E-state index is 0.0345. The Morgan fingerprint density at radius 1 is 1.64 bits per heavy atom. The van der Waals surface area contributed by atoms with E-state index >= 15 is 0 Å². The van der Waals surface area contributed by atoms with E-state index in [1.54, 1.807) is 13.1 Å². The van der Waals surface area contributed by atoms with Crippen molar-refractivity contribution in [1.82, 2.24) is 5.32 Å². The molecule has 3 nitrogen and oxygen atoms in total. The smallest absolute Gasteiger partial charge is 0.154 e. The lowest BCUT2D eigenvalue weighted by molar-refractivity contribution is -0.112. The molecule has 0 fully saturated rings. The molecule has 11 heavy (non-hydrogen) atoms. The lowest BCUT2D eigenvalue weighted by Gasteiger charge is -2.03. The van der Waals surface area contributed by atoms with Crippen LogP contribution in [-0.2, 0) is 4.79 Å². The van der Waals surface area contributed by atoms with Crippen LogP contribution in [0.2, 0.25) is 0 Å². The molecular formula is C8H15NO2. The Bertz CT molecular complexity index is 152. The Kier molecular flexibility index (Phi) is 5.47. The first kappa shape index (κ1) is 10.2. The predicted molar refractivity (Wildman–Crippen MR) is 44.1 cm³/mol. The van der Waals surface area contributed by atoms with Crippen molar-refractivity contribution in [2.24, 2.45) is 0 Å². The van der Waals surface area contributed by atoms with Gasteiger partial charge in [0.2, 0.25) is 0 Å². The van der Waals surface area contributed by atoms with Gasteiger partial charge in [-0.15, -0.1) is 0 Å². The normalized spacial score (nSPS) is 11.4. The summed E-state index contributed by atoms with van der Waals surface area (Å²) in [5.74, 6) is 0.0345. The highest BCUT2D eigenvalue weighted by Crippen LogP contribution is 1.99. The van der Waals surface area contributed by atoms with Crippen molar-refractivity contribution in [2.45, 2.75) is 19.8 Å². The van der Waals surface area contributed by atoms with Crippen molar-refractivity contribution in [2.75, 3.05) is 13.7 Å². The third-order valence-corrected chi connectivity index (χ3v) is 1.30. The van der Waals surface area contributed by atoms with E-state index in [1.165, 1.54) is 6.92 Å². The third kappa shape index (κ3) is 5.61. The number of ketones is 1. The van der Waals surface area contributed by atoms with Crippen LogP contribution in [-0.4, -0.2) is 24.5 Å². The quantitative estimate of drug-likeness (QED) is 0.570. The molecule has 0 aliphatic carbocycles. The van der Waals surface area contributed by atoms with Gasteiger partial charge >= 0.3 is 0 Å². The van der Waals surface area contributed by atoms with Crippen molar-refractivity contribution in [3.8, 4) is 0 Å². The predicted octanol–water partition coefficient (Wildman–Crippen LogP) is 0.451. The number of rotatable bonds is 5. The Labute approximate surface area is 67.1 Å². The number of aliphatic hydroxyl groups excluding tert-OH is 1. The van der Waals surface area contributed by atoms with E-state index in [1.807, 2.05) is 0 Å². The van der Waals surface area contributed by atoms with Gasteiger partial charge in [-0.2, -0.15) is 0 Å². The largest absolute Gasteiger partial charge is 0.396 e. The number of aliphatic hydroxyl groups is 1. The van der Waals surface area contributed by atoms with Crippen LogP contribution in [0, 0.1) is 0 Å². The molecule has 3 heteroatoms. The molecule has 0 unspecified atom stereocenters. The summed E-state index contributed by atoms with van der Waals surface area (Å²) in [7, 11) is 1.77. The summed E-state index contributed by atoms with van der Waals surface area (Å²) in [6.07, 6.45) is 2.97. The van der Waals surface area contributed by atoms with Crippen LogP contribution in [0.25, 0.3) is 0 Å². The summed E-state index contributed by atoms with van der Waals surface area (Å²) in [6, 6.07) is 0. The highest BCUT2D eigenvalue weighted by Gasteiger charge is 1.94. The molecule has 0 aliphatic rings. The number of nitrogens with one attached hydrogen (secondary N) is 1. The Balaban J connectivity index is 3.84. The van der Waals surface area contributed by atoms with Crippen LogP contribution in [0.5, 0.6) is 0 Å². The second-order valence-electron chi connectivity index (χ2n) is 2.36. The van der Waals surface area contributed by atoms with Gasteiger partial charge < -0.3 is 10.4 Å². The zero-order valence-corrected chi connectivity index (χ0v) is 7.05. The van der Waals surface area contributed by atoms with Crippen molar-refractivity contribution < 1.29 is 9.90 Å². The maximum Gasteiger partial charge on any atom is 0.154 e. The topological polar surface area (TPSA) is 49.3 Å². The summed E-state index contributed by atoms with van der Waals surface area (Å²) in [4.78, 5) is 10.6. The third-order valence-electron chi connectivity index (χ3n) is 1.30. The number of hydrogen-bond acceptors (Lipinski definition) is 3. The number of carbonyl (C=O) groups is 1. The van der Waals surface area contributed by atoms with Gasteiger partial charge in [-0.05, 0) is 25.8 Å². The van der Waals surface area contributed by atoms with Crippen LogP contribution in [0.3, 0.4) is 0 Å². The minimum absolute atomic E-state index is 0.0345. The molecule has 0 spiro atoms. The van der Waals surface area contributed by atoms with Gasteiger partial charge in [0.15, 0.2) is 5.78 Å². The van der Waals surface area contributed by atoms with Crippen LogP contribution in [0.4, 0.5) is 0 Å². The summed E-state index contributed by atoms with van der Waals surface area (Å²) >= 11 is 0. The van der Waals surface area contributed by atoms with Crippen LogP contribution >= 0.6 is 0 Å². The highest BCUT2D eigenvalue weighted by atomic mass is 16.2. The van der Waals surface area contributed by atoms with Crippen molar-refractivity contribution in [3.05, 3.63) is 11.8 Å².